The quantitative estimate of drug-likeness (QED) is 0.626. The fourth-order valence-corrected chi connectivity index (χ4v) is 2.48. The van der Waals surface area contributed by atoms with Crippen molar-refractivity contribution in [3.63, 3.8) is 0 Å². The first-order chi connectivity index (χ1) is 9.13. The molecule has 0 amide bonds. The van der Waals surface area contributed by atoms with Crippen molar-refractivity contribution in [2.75, 3.05) is 7.11 Å². The van der Waals surface area contributed by atoms with Crippen molar-refractivity contribution in [2.24, 2.45) is 7.05 Å². The van der Waals surface area contributed by atoms with E-state index in [1.165, 1.54) is 0 Å². The van der Waals surface area contributed by atoms with E-state index >= 15 is 0 Å². The van der Waals surface area contributed by atoms with Gasteiger partial charge < -0.3 is 9.30 Å². The van der Waals surface area contributed by atoms with Gasteiger partial charge in [-0.3, -0.25) is 9.78 Å². The topological polar surface area (TPSA) is 44.1 Å². The Balaban J connectivity index is 2.62. The van der Waals surface area contributed by atoms with Gasteiger partial charge in [0.2, 0.25) is 0 Å². The molecule has 19 heavy (non-hydrogen) atoms. The standard InChI is InChI=1S/C15H14N2O2/c1-9-14-12(6-7-16-9)11-5-4-10(19-3)8-13(11)17(2)15(14)18/h4-8H,1-3H3. The highest BCUT2D eigenvalue weighted by Crippen LogP contribution is 2.26. The lowest BCUT2D eigenvalue weighted by molar-refractivity contribution is 0.415. The summed E-state index contributed by atoms with van der Waals surface area (Å²) in [6.07, 6.45) is 1.74. The van der Waals surface area contributed by atoms with E-state index in [1.807, 2.05) is 31.2 Å². The number of benzene rings is 1. The van der Waals surface area contributed by atoms with Gasteiger partial charge >= 0.3 is 0 Å². The van der Waals surface area contributed by atoms with Crippen LogP contribution in [0.4, 0.5) is 0 Å². The monoisotopic (exact) mass is 254 g/mol. The summed E-state index contributed by atoms with van der Waals surface area (Å²) >= 11 is 0. The first-order valence-corrected chi connectivity index (χ1v) is 6.05. The lowest BCUT2D eigenvalue weighted by Gasteiger charge is -2.11. The molecule has 0 aliphatic heterocycles. The van der Waals surface area contributed by atoms with Crippen molar-refractivity contribution in [3.05, 3.63) is 46.5 Å². The molecule has 2 aromatic heterocycles. The van der Waals surface area contributed by atoms with E-state index in [0.29, 0.717) is 5.39 Å². The Labute approximate surface area is 110 Å². The third kappa shape index (κ3) is 1.60. The zero-order valence-corrected chi connectivity index (χ0v) is 11.1. The van der Waals surface area contributed by atoms with Crippen LogP contribution in [0.5, 0.6) is 5.75 Å². The van der Waals surface area contributed by atoms with Gasteiger partial charge in [-0.1, -0.05) is 0 Å². The summed E-state index contributed by atoms with van der Waals surface area (Å²) in [5, 5.41) is 2.65. The fraction of sp³-hybridized carbons (Fsp3) is 0.200. The van der Waals surface area contributed by atoms with Crippen molar-refractivity contribution in [1.29, 1.82) is 0 Å². The van der Waals surface area contributed by atoms with E-state index in [0.717, 1.165) is 27.7 Å². The van der Waals surface area contributed by atoms with Crippen molar-refractivity contribution < 1.29 is 4.74 Å². The number of fused-ring (bicyclic) bond motifs is 3. The number of methoxy groups -OCH3 is 1. The summed E-state index contributed by atoms with van der Waals surface area (Å²) < 4.78 is 6.87. The van der Waals surface area contributed by atoms with E-state index < -0.39 is 0 Å². The maximum atomic E-state index is 12.4. The van der Waals surface area contributed by atoms with Gasteiger partial charge in [0.1, 0.15) is 5.75 Å². The van der Waals surface area contributed by atoms with Crippen LogP contribution in [0.15, 0.2) is 35.3 Å². The first kappa shape index (κ1) is 11.7. The minimum atomic E-state index is -0.0265. The van der Waals surface area contributed by atoms with Crippen LogP contribution < -0.4 is 10.3 Å². The molecule has 2 heterocycles. The van der Waals surface area contributed by atoms with Gasteiger partial charge in [0, 0.05) is 24.7 Å². The molecule has 3 aromatic rings. The minimum Gasteiger partial charge on any atom is -0.497 e. The lowest BCUT2D eigenvalue weighted by Crippen LogP contribution is -2.18. The van der Waals surface area contributed by atoms with Gasteiger partial charge in [0.25, 0.3) is 5.56 Å². The molecule has 0 spiro atoms. The molecule has 1 aromatic carbocycles. The summed E-state index contributed by atoms with van der Waals surface area (Å²) in [6.45, 7) is 1.86. The summed E-state index contributed by atoms with van der Waals surface area (Å²) in [5.41, 5.74) is 1.60. The molecule has 4 heteroatoms. The number of rotatable bonds is 1. The second-order valence-electron chi connectivity index (χ2n) is 4.57. The molecule has 0 saturated carbocycles. The van der Waals surface area contributed by atoms with Crippen molar-refractivity contribution in [2.45, 2.75) is 6.92 Å². The normalized spacial score (nSPS) is 11.1. The van der Waals surface area contributed by atoms with Gasteiger partial charge in [-0.25, -0.2) is 0 Å². The predicted molar refractivity (Wildman–Crippen MR) is 75.8 cm³/mol. The molecule has 0 aliphatic rings. The highest BCUT2D eigenvalue weighted by molar-refractivity contribution is 6.06. The Morgan fingerprint density at radius 2 is 2.00 bits per heavy atom. The number of hydrogen-bond donors (Lipinski definition) is 0. The highest BCUT2D eigenvalue weighted by Gasteiger charge is 2.11. The van der Waals surface area contributed by atoms with Gasteiger partial charge in [-0.05, 0) is 30.5 Å². The average molecular weight is 254 g/mol. The third-order valence-electron chi connectivity index (χ3n) is 3.52. The van der Waals surface area contributed by atoms with Crippen LogP contribution >= 0.6 is 0 Å². The van der Waals surface area contributed by atoms with Crippen LogP contribution in [0.2, 0.25) is 0 Å². The molecule has 4 nitrogen and oxygen atoms in total. The molecular weight excluding hydrogens is 240 g/mol. The Morgan fingerprint density at radius 3 is 2.74 bits per heavy atom. The van der Waals surface area contributed by atoms with Gasteiger partial charge in [-0.2, -0.15) is 0 Å². The van der Waals surface area contributed by atoms with E-state index in [-0.39, 0.29) is 5.56 Å². The average Bonchev–Trinajstić information content (AvgIpc) is 2.44. The second kappa shape index (κ2) is 4.09. The number of pyridine rings is 2. The smallest absolute Gasteiger partial charge is 0.260 e. The Kier molecular flexibility index (Phi) is 2.52. The zero-order valence-electron chi connectivity index (χ0n) is 11.1. The molecule has 0 aliphatic carbocycles. The SMILES string of the molecule is COc1ccc2c3ccnc(C)c3c(=O)n(C)c2c1. The minimum absolute atomic E-state index is 0.0265. The lowest BCUT2D eigenvalue weighted by atomic mass is 10.1. The molecule has 0 fully saturated rings. The van der Waals surface area contributed by atoms with Crippen LogP contribution in [-0.2, 0) is 7.05 Å². The number of aryl methyl sites for hydroxylation is 2. The maximum absolute atomic E-state index is 12.4. The number of nitrogens with zero attached hydrogens (tertiary/aromatic N) is 2. The summed E-state index contributed by atoms with van der Waals surface area (Å²) in [6, 6.07) is 7.65. The highest BCUT2D eigenvalue weighted by atomic mass is 16.5. The third-order valence-corrected chi connectivity index (χ3v) is 3.52. The molecule has 0 N–H and O–H groups in total. The summed E-state index contributed by atoms with van der Waals surface area (Å²) in [5.74, 6) is 0.743. The molecule has 96 valence electrons. The fourth-order valence-electron chi connectivity index (χ4n) is 2.48. The molecular formula is C15H14N2O2. The molecule has 3 rings (SSSR count). The van der Waals surface area contributed by atoms with E-state index in [9.17, 15) is 4.79 Å². The Morgan fingerprint density at radius 1 is 1.21 bits per heavy atom. The number of aromatic nitrogens is 2. The Bertz CT molecular complexity index is 850. The molecule has 0 atom stereocenters. The van der Waals surface area contributed by atoms with Gasteiger partial charge in [-0.15, -0.1) is 0 Å². The van der Waals surface area contributed by atoms with Gasteiger partial charge in [0.05, 0.1) is 23.7 Å². The van der Waals surface area contributed by atoms with Crippen molar-refractivity contribution in [3.8, 4) is 5.75 Å². The van der Waals surface area contributed by atoms with Crippen LogP contribution in [0, 0.1) is 6.92 Å². The van der Waals surface area contributed by atoms with Crippen LogP contribution in [-0.4, -0.2) is 16.7 Å². The number of hydrogen-bond acceptors (Lipinski definition) is 3. The van der Waals surface area contributed by atoms with E-state index in [4.69, 9.17) is 4.74 Å². The largest absolute Gasteiger partial charge is 0.497 e. The number of ether oxygens (including phenoxy) is 1. The van der Waals surface area contributed by atoms with Crippen molar-refractivity contribution >= 4 is 21.7 Å². The Hall–Kier alpha value is -2.36. The van der Waals surface area contributed by atoms with Crippen LogP contribution in [0.25, 0.3) is 21.7 Å². The maximum Gasteiger partial charge on any atom is 0.260 e. The van der Waals surface area contributed by atoms with Crippen LogP contribution in [0.1, 0.15) is 5.69 Å². The van der Waals surface area contributed by atoms with E-state index in [2.05, 4.69) is 4.98 Å². The molecule has 0 bridgehead atoms. The summed E-state index contributed by atoms with van der Waals surface area (Å²) in [7, 11) is 3.39. The first-order valence-electron chi connectivity index (χ1n) is 6.05. The van der Waals surface area contributed by atoms with Crippen molar-refractivity contribution in [1.82, 2.24) is 9.55 Å². The molecule has 0 radical (unpaired) electrons. The molecule has 0 unspecified atom stereocenters. The summed E-state index contributed by atoms with van der Waals surface area (Å²) in [4.78, 5) is 16.7. The zero-order chi connectivity index (χ0) is 13.6. The predicted octanol–water partition coefficient (Wildman–Crippen LogP) is 2.40. The van der Waals surface area contributed by atoms with E-state index in [1.54, 1.807) is 24.9 Å². The van der Waals surface area contributed by atoms with Gasteiger partial charge in [0.15, 0.2) is 0 Å². The molecule has 0 saturated heterocycles. The van der Waals surface area contributed by atoms with Crippen LogP contribution in [0.3, 0.4) is 0 Å². The second-order valence-corrected chi connectivity index (χ2v) is 4.57.